The van der Waals surface area contributed by atoms with E-state index in [9.17, 15) is 4.79 Å². The molecule has 35 heavy (non-hydrogen) atoms. The number of carbonyl (C=O) groups is 1. The normalized spacial score (nSPS) is 15.5. The van der Waals surface area contributed by atoms with E-state index in [0.29, 0.717) is 47.2 Å². The van der Waals surface area contributed by atoms with Crippen molar-refractivity contribution in [2.75, 3.05) is 25.4 Å². The maximum Gasteiger partial charge on any atom is 0.254 e. The number of nitrogens with zero attached hydrogens (tertiary/aromatic N) is 4. The largest absolute Gasteiger partial charge is 0.384 e. The van der Waals surface area contributed by atoms with Crippen LogP contribution in [-0.4, -0.2) is 51.4 Å². The molecule has 1 amide bonds. The van der Waals surface area contributed by atoms with Crippen LogP contribution in [0.25, 0.3) is 11.3 Å². The summed E-state index contributed by atoms with van der Waals surface area (Å²) in [4.78, 5) is 27.8. The zero-order valence-corrected chi connectivity index (χ0v) is 20.0. The number of likely N-dealkylation sites (tertiary alicyclic amines) is 1. The summed E-state index contributed by atoms with van der Waals surface area (Å²) in [5.41, 5.74) is 8.77. The number of nitrogens with one attached hydrogen (secondary N) is 1. The number of likely N-dealkylation sites (N-methyl/N-ethyl adjacent to an activating group) is 1. The maximum absolute atomic E-state index is 15.1. The lowest BCUT2D eigenvalue weighted by Gasteiger charge is -2.22. The van der Waals surface area contributed by atoms with Gasteiger partial charge in [-0.1, -0.05) is 31.8 Å². The van der Waals surface area contributed by atoms with Gasteiger partial charge in [-0.05, 0) is 56.6 Å². The first-order valence-electron chi connectivity index (χ1n) is 11.9. The number of aryl methyl sites for hydroxylation is 1. The Kier molecular flexibility index (Phi) is 7.68. The molecule has 0 saturated carbocycles. The van der Waals surface area contributed by atoms with E-state index in [1.165, 1.54) is 18.5 Å². The van der Waals surface area contributed by atoms with Gasteiger partial charge >= 0.3 is 0 Å². The molecule has 1 aromatic carbocycles. The topological polar surface area (TPSA) is 97.0 Å². The molecule has 3 aromatic rings. The molecule has 0 spiro atoms. The Morgan fingerprint density at radius 1 is 1.20 bits per heavy atom. The maximum atomic E-state index is 15.1. The predicted octanol–water partition coefficient (Wildman–Crippen LogP) is 3.44. The van der Waals surface area contributed by atoms with Crippen molar-refractivity contribution in [3.8, 4) is 23.1 Å². The smallest absolute Gasteiger partial charge is 0.254 e. The van der Waals surface area contributed by atoms with Gasteiger partial charge in [-0.25, -0.2) is 19.3 Å². The molecule has 0 unspecified atom stereocenters. The number of aromatic nitrogens is 3. The molecule has 7 nitrogen and oxygen atoms in total. The SMILES string of the molecule is CCc1ncnc(-c2ccc(C(=O)NC[C@H]3CCCN3CC)c(F)c2)c1C#Cc1ccc(N)nc1. The van der Waals surface area contributed by atoms with Gasteiger partial charge in [0.05, 0.1) is 22.5 Å². The molecule has 1 aliphatic rings. The molecule has 0 aliphatic carbocycles. The van der Waals surface area contributed by atoms with E-state index in [1.54, 1.807) is 24.4 Å². The fourth-order valence-corrected chi connectivity index (χ4v) is 4.35. The van der Waals surface area contributed by atoms with Gasteiger partial charge < -0.3 is 11.1 Å². The van der Waals surface area contributed by atoms with Gasteiger partial charge in [-0.15, -0.1) is 0 Å². The molecule has 2 aromatic heterocycles. The summed E-state index contributed by atoms with van der Waals surface area (Å²) in [5, 5.41) is 2.89. The Bertz CT molecular complexity index is 1260. The van der Waals surface area contributed by atoms with E-state index in [2.05, 4.69) is 43.9 Å². The van der Waals surface area contributed by atoms with Crippen LogP contribution in [0.3, 0.4) is 0 Å². The zero-order chi connectivity index (χ0) is 24.8. The number of nitrogens with two attached hydrogens (primary N) is 1. The second-order valence-electron chi connectivity index (χ2n) is 8.45. The molecule has 3 heterocycles. The van der Waals surface area contributed by atoms with Crippen LogP contribution in [0.2, 0.25) is 0 Å². The third kappa shape index (κ3) is 5.64. The molecular formula is C27H29FN6O. The summed E-state index contributed by atoms with van der Waals surface area (Å²) >= 11 is 0. The van der Waals surface area contributed by atoms with Crippen molar-refractivity contribution in [1.82, 2.24) is 25.2 Å². The summed E-state index contributed by atoms with van der Waals surface area (Å²) in [6.07, 6.45) is 5.84. The lowest BCUT2D eigenvalue weighted by atomic mass is 10.0. The number of benzene rings is 1. The first-order chi connectivity index (χ1) is 17.0. The van der Waals surface area contributed by atoms with Crippen molar-refractivity contribution >= 4 is 11.7 Å². The highest BCUT2D eigenvalue weighted by molar-refractivity contribution is 5.95. The minimum Gasteiger partial charge on any atom is -0.384 e. The van der Waals surface area contributed by atoms with E-state index in [1.807, 2.05) is 6.92 Å². The highest BCUT2D eigenvalue weighted by Gasteiger charge is 2.24. The lowest BCUT2D eigenvalue weighted by molar-refractivity contribution is 0.0937. The molecule has 4 rings (SSSR count). The third-order valence-electron chi connectivity index (χ3n) is 6.27. The average molecular weight is 473 g/mol. The zero-order valence-electron chi connectivity index (χ0n) is 20.0. The van der Waals surface area contributed by atoms with Gasteiger partial charge in [0.2, 0.25) is 0 Å². The number of halogens is 1. The van der Waals surface area contributed by atoms with Crippen LogP contribution in [0.1, 0.15) is 53.9 Å². The van der Waals surface area contributed by atoms with E-state index in [0.717, 1.165) is 31.6 Å². The second-order valence-corrected chi connectivity index (χ2v) is 8.45. The molecule has 180 valence electrons. The van der Waals surface area contributed by atoms with Crippen molar-refractivity contribution in [1.29, 1.82) is 0 Å². The number of pyridine rings is 1. The number of amides is 1. The van der Waals surface area contributed by atoms with Gasteiger partial charge in [-0.2, -0.15) is 0 Å². The van der Waals surface area contributed by atoms with Crippen LogP contribution in [0.15, 0.2) is 42.9 Å². The Balaban J connectivity index is 1.58. The first kappa shape index (κ1) is 24.3. The standard InChI is InChI=1S/C27H29FN6O/c1-3-24-22(10-7-18-8-12-25(29)30-15-18)26(33-17-32-24)19-9-11-21(23(28)14-19)27(35)31-16-20-6-5-13-34(20)4-2/h8-9,11-12,14-15,17,20H,3-6,13,16H2,1-2H3,(H2,29,30)(H,31,35)/t20-/m1/s1. The van der Waals surface area contributed by atoms with Crippen LogP contribution < -0.4 is 11.1 Å². The number of nitrogen functional groups attached to an aromatic ring is 1. The quantitative estimate of drug-likeness (QED) is 0.534. The van der Waals surface area contributed by atoms with Crippen LogP contribution in [-0.2, 0) is 6.42 Å². The van der Waals surface area contributed by atoms with E-state index >= 15 is 4.39 Å². The van der Waals surface area contributed by atoms with E-state index in [-0.39, 0.29) is 5.56 Å². The molecule has 1 fully saturated rings. The highest BCUT2D eigenvalue weighted by Crippen LogP contribution is 2.25. The monoisotopic (exact) mass is 472 g/mol. The minimum atomic E-state index is -0.600. The van der Waals surface area contributed by atoms with Crippen LogP contribution in [0.5, 0.6) is 0 Å². The summed E-state index contributed by atoms with van der Waals surface area (Å²) in [6, 6.07) is 8.30. The molecule has 1 aliphatic heterocycles. The van der Waals surface area contributed by atoms with Crippen molar-refractivity contribution in [2.45, 2.75) is 39.2 Å². The highest BCUT2D eigenvalue weighted by atomic mass is 19.1. The Morgan fingerprint density at radius 3 is 2.77 bits per heavy atom. The molecule has 1 atom stereocenters. The number of carbonyl (C=O) groups excluding carboxylic acids is 1. The van der Waals surface area contributed by atoms with Crippen LogP contribution in [0.4, 0.5) is 10.2 Å². The van der Waals surface area contributed by atoms with Gasteiger partial charge in [0, 0.05) is 29.9 Å². The lowest BCUT2D eigenvalue weighted by Crippen LogP contribution is -2.40. The Morgan fingerprint density at radius 2 is 2.06 bits per heavy atom. The minimum absolute atomic E-state index is 0.0140. The number of hydrogen-bond acceptors (Lipinski definition) is 6. The fourth-order valence-electron chi connectivity index (χ4n) is 4.35. The first-order valence-corrected chi connectivity index (χ1v) is 11.9. The molecule has 3 N–H and O–H groups in total. The van der Waals surface area contributed by atoms with Gasteiger partial charge in [0.15, 0.2) is 0 Å². The third-order valence-corrected chi connectivity index (χ3v) is 6.27. The second kappa shape index (κ2) is 11.1. The number of anilines is 1. The summed E-state index contributed by atoms with van der Waals surface area (Å²) in [6.45, 7) is 6.58. The number of rotatable bonds is 6. The van der Waals surface area contributed by atoms with E-state index in [4.69, 9.17) is 5.73 Å². The summed E-state index contributed by atoms with van der Waals surface area (Å²) in [7, 11) is 0. The summed E-state index contributed by atoms with van der Waals surface area (Å²) in [5.74, 6) is 5.59. The van der Waals surface area contributed by atoms with E-state index < -0.39 is 11.7 Å². The molecular weight excluding hydrogens is 443 g/mol. The van der Waals surface area contributed by atoms with Gasteiger partial charge in [-0.3, -0.25) is 9.69 Å². The van der Waals surface area contributed by atoms with Crippen molar-refractivity contribution in [3.63, 3.8) is 0 Å². The predicted molar refractivity (Wildman–Crippen MR) is 134 cm³/mol. The van der Waals surface area contributed by atoms with Gasteiger partial charge in [0.1, 0.15) is 18.0 Å². The van der Waals surface area contributed by atoms with Crippen molar-refractivity contribution in [2.24, 2.45) is 0 Å². The van der Waals surface area contributed by atoms with Crippen LogP contribution >= 0.6 is 0 Å². The molecule has 1 saturated heterocycles. The fraction of sp³-hybridized carbons (Fsp3) is 0.333. The number of hydrogen-bond donors (Lipinski definition) is 2. The van der Waals surface area contributed by atoms with Crippen LogP contribution in [0, 0.1) is 17.7 Å². The average Bonchev–Trinajstić information content (AvgIpc) is 3.34. The molecule has 0 radical (unpaired) electrons. The van der Waals surface area contributed by atoms with Crippen molar-refractivity contribution < 1.29 is 9.18 Å². The molecule has 8 heteroatoms. The van der Waals surface area contributed by atoms with Gasteiger partial charge in [0.25, 0.3) is 5.91 Å². The molecule has 0 bridgehead atoms. The van der Waals surface area contributed by atoms with Crippen molar-refractivity contribution in [3.05, 3.63) is 71.1 Å². The Hall–Kier alpha value is -3.83. The summed E-state index contributed by atoms with van der Waals surface area (Å²) < 4.78 is 15.1. The Labute approximate surface area is 205 Å².